The first kappa shape index (κ1) is 18.1. The highest BCUT2D eigenvalue weighted by atomic mass is 35.5. The zero-order valence-corrected chi connectivity index (χ0v) is 14.6. The third kappa shape index (κ3) is 3.05. The van der Waals surface area contributed by atoms with Crippen molar-refractivity contribution in [1.82, 2.24) is 9.88 Å². The summed E-state index contributed by atoms with van der Waals surface area (Å²) in [5.41, 5.74) is -0.550. The van der Waals surface area contributed by atoms with E-state index in [0.717, 1.165) is 0 Å². The van der Waals surface area contributed by atoms with Gasteiger partial charge in [-0.15, -0.1) is 0 Å². The number of fused-ring (bicyclic) bond motifs is 1. The first-order valence-electron chi connectivity index (χ1n) is 7.11. The largest absolute Gasteiger partial charge is 0.496 e. The van der Waals surface area contributed by atoms with E-state index in [1.165, 1.54) is 21.1 Å². The van der Waals surface area contributed by atoms with Crippen molar-refractivity contribution >= 4 is 34.4 Å². The Balaban J connectivity index is 2.53. The number of benzene rings is 1. The van der Waals surface area contributed by atoms with E-state index in [0.29, 0.717) is 27.2 Å². The summed E-state index contributed by atoms with van der Waals surface area (Å²) in [7, 11) is 4.43. The second-order valence-corrected chi connectivity index (χ2v) is 6.03. The lowest BCUT2D eigenvalue weighted by molar-refractivity contribution is -0.149. The van der Waals surface area contributed by atoms with E-state index in [2.05, 4.69) is 10.1 Å². The Morgan fingerprint density at radius 2 is 2.04 bits per heavy atom. The Morgan fingerprint density at radius 1 is 1.38 bits per heavy atom. The molecule has 0 aliphatic rings. The summed E-state index contributed by atoms with van der Waals surface area (Å²) in [6.07, 6.45) is 1.61. The molecular weight excluding hydrogens is 336 g/mol. The highest BCUT2D eigenvalue weighted by Crippen LogP contribution is 2.33. The molecule has 2 aromatic rings. The number of hydrogen-bond donors (Lipinski definition) is 2. The molecule has 0 saturated heterocycles. The van der Waals surface area contributed by atoms with Crippen molar-refractivity contribution in [3.63, 3.8) is 0 Å². The minimum absolute atomic E-state index is 0.296. The highest BCUT2D eigenvalue weighted by Gasteiger charge is 2.36. The first-order valence-corrected chi connectivity index (χ1v) is 7.49. The van der Waals surface area contributed by atoms with Gasteiger partial charge in [-0.25, -0.2) is 4.79 Å². The van der Waals surface area contributed by atoms with Crippen molar-refractivity contribution in [2.75, 3.05) is 20.8 Å². The Hall–Kier alpha value is -2.25. The molecule has 0 fully saturated rings. The van der Waals surface area contributed by atoms with Crippen molar-refractivity contribution in [2.45, 2.75) is 12.5 Å². The Bertz CT molecular complexity index is 801. The van der Waals surface area contributed by atoms with E-state index in [4.69, 9.17) is 16.3 Å². The normalized spacial score (nSPS) is 13.4. The van der Waals surface area contributed by atoms with Crippen molar-refractivity contribution in [2.24, 2.45) is 7.05 Å². The van der Waals surface area contributed by atoms with Gasteiger partial charge in [0.05, 0.1) is 37.3 Å². The smallest absolute Gasteiger partial charge is 0.333 e. The van der Waals surface area contributed by atoms with E-state index in [9.17, 15) is 14.7 Å². The Kier molecular flexibility index (Phi) is 5.05. The first-order chi connectivity index (χ1) is 11.3. The average Bonchev–Trinajstić information content (AvgIpc) is 2.90. The van der Waals surface area contributed by atoms with Crippen LogP contribution in [0.4, 0.5) is 0 Å². The van der Waals surface area contributed by atoms with Gasteiger partial charge in [-0.1, -0.05) is 11.6 Å². The van der Waals surface area contributed by atoms with Crippen LogP contribution in [-0.2, 0) is 16.6 Å². The number of nitrogens with zero attached hydrogens (tertiary/aromatic N) is 1. The van der Waals surface area contributed by atoms with Crippen LogP contribution < -0.4 is 10.1 Å². The summed E-state index contributed by atoms with van der Waals surface area (Å²) >= 11 is 6.06. The minimum atomic E-state index is -1.55. The van der Waals surface area contributed by atoms with Crippen LogP contribution in [0.3, 0.4) is 0 Å². The number of amides is 1. The zero-order valence-electron chi connectivity index (χ0n) is 13.8. The van der Waals surface area contributed by atoms with Gasteiger partial charge < -0.3 is 24.5 Å². The maximum absolute atomic E-state index is 12.7. The van der Waals surface area contributed by atoms with Crippen molar-refractivity contribution < 1.29 is 24.2 Å². The molecule has 24 heavy (non-hydrogen) atoms. The number of carbonyl (C=O) groups is 2. The number of aliphatic hydroxyl groups excluding tert-OH is 1. The number of rotatable bonds is 5. The third-order valence-electron chi connectivity index (χ3n) is 3.82. The zero-order chi connectivity index (χ0) is 18.1. The van der Waals surface area contributed by atoms with E-state index in [1.807, 2.05) is 0 Å². The van der Waals surface area contributed by atoms with Gasteiger partial charge in [-0.2, -0.15) is 0 Å². The van der Waals surface area contributed by atoms with Crippen LogP contribution in [0.25, 0.3) is 10.9 Å². The van der Waals surface area contributed by atoms with E-state index < -0.39 is 24.0 Å². The molecule has 0 bridgehead atoms. The maximum atomic E-state index is 12.7. The monoisotopic (exact) mass is 354 g/mol. The fourth-order valence-electron chi connectivity index (χ4n) is 2.48. The molecule has 1 aromatic heterocycles. The molecule has 7 nitrogen and oxygen atoms in total. The fourth-order valence-corrected chi connectivity index (χ4v) is 2.68. The van der Waals surface area contributed by atoms with E-state index in [1.54, 1.807) is 29.9 Å². The number of aryl methyl sites for hydroxylation is 1. The molecule has 0 aliphatic heterocycles. The SMILES string of the molecule is COC(=O)[C@](C)(CO)NC(=O)c1cn(C)c2cc(Cl)cc(OC)c12. The van der Waals surface area contributed by atoms with Gasteiger partial charge in [-0.3, -0.25) is 4.79 Å². The topological polar surface area (TPSA) is 89.8 Å². The molecule has 8 heteroatoms. The quantitative estimate of drug-likeness (QED) is 0.794. The molecule has 1 aromatic carbocycles. The van der Waals surface area contributed by atoms with Gasteiger partial charge in [0.15, 0.2) is 5.54 Å². The molecular formula is C16H19ClN2O5. The molecule has 130 valence electrons. The van der Waals surface area contributed by atoms with Gasteiger partial charge in [0.25, 0.3) is 5.91 Å². The molecule has 0 spiro atoms. The number of ether oxygens (including phenoxy) is 2. The Morgan fingerprint density at radius 3 is 2.58 bits per heavy atom. The average molecular weight is 355 g/mol. The number of nitrogens with one attached hydrogen (secondary N) is 1. The minimum Gasteiger partial charge on any atom is -0.496 e. The van der Waals surface area contributed by atoms with Gasteiger partial charge in [-0.05, 0) is 19.1 Å². The molecule has 1 heterocycles. The molecule has 0 aliphatic carbocycles. The summed E-state index contributed by atoms with van der Waals surface area (Å²) in [6.45, 7) is 0.787. The lowest BCUT2D eigenvalue weighted by Crippen LogP contribution is -2.55. The van der Waals surface area contributed by atoms with Crippen LogP contribution in [0, 0.1) is 0 Å². The van der Waals surface area contributed by atoms with Gasteiger partial charge in [0.2, 0.25) is 0 Å². The van der Waals surface area contributed by atoms with Crippen LogP contribution in [-0.4, -0.2) is 47.9 Å². The molecule has 0 radical (unpaired) electrons. The molecule has 1 amide bonds. The molecule has 0 unspecified atom stereocenters. The van der Waals surface area contributed by atoms with E-state index in [-0.39, 0.29) is 0 Å². The lowest BCUT2D eigenvalue weighted by atomic mass is 10.0. The third-order valence-corrected chi connectivity index (χ3v) is 4.04. The summed E-state index contributed by atoms with van der Waals surface area (Å²) in [6, 6.07) is 3.31. The predicted molar refractivity (Wildman–Crippen MR) is 89.5 cm³/mol. The summed E-state index contributed by atoms with van der Waals surface area (Å²) in [5, 5.41) is 13.0. The summed E-state index contributed by atoms with van der Waals surface area (Å²) in [5.74, 6) is -0.844. The van der Waals surface area contributed by atoms with E-state index >= 15 is 0 Å². The van der Waals surface area contributed by atoms with Crippen LogP contribution in [0.5, 0.6) is 5.75 Å². The second kappa shape index (κ2) is 6.70. The summed E-state index contributed by atoms with van der Waals surface area (Å²) in [4.78, 5) is 24.5. The highest BCUT2D eigenvalue weighted by molar-refractivity contribution is 6.31. The lowest BCUT2D eigenvalue weighted by Gasteiger charge is -2.25. The number of methoxy groups -OCH3 is 2. The second-order valence-electron chi connectivity index (χ2n) is 5.59. The predicted octanol–water partition coefficient (Wildman–Crippen LogP) is 1.49. The molecule has 2 N–H and O–H groups in total. The number of carbonyl (C=O) groups excluding carboxylic acids is 2. The maximum Gasteiger partial charge on any atom is 0.333 e. The molecule has 0 saturated carbocycles. The van der Waals surface area contributed by atoms with Crippen LogP contribution in [0.15, 0.2) is 18.3 Å². The number of halogens is 1. The Labute approximate surface area is 144 Å². The summed E-state index contributed by atoms with van der Waals surface area (Å²) < 4.78 is 11.7. The number of aromatic nitrogens is 1. The number of aliphatic hydroxyl groups is 1. The number of esters is 1. The fraction of sp³-hybridized carbons (Fsp3) is 0.375. The number of hydrogen-bond acceptors (Lipinski definition) is 5. The standard InChI is InChI=1S/C16H19ClN2O5/c1-16(8-20,15(22)24-4)18-14(21)10-7-19(2)11-5-9(17)6-12(23-3)13(10)11/h5-7,20H,8H2,1-4H3,(H,18,21)/t16-/m0/s1. The van der Waals surface area contributed by atoms with Gasteiger partial charge in [0, 0.05) is 18.3 Å². The van der Waals surface area contributed by atoms with Crippen LogP contribution in [0.1, 0.15) is 17.3 Å². The van der Waals surface area contributed by atoms with Crippen molar-refractivity contribution in [3.8, 4) is 5.75 Å². The van der Waals surface area contributed by atoms with Gasteiger partial charge in [0.1, 0.15) is 5.75 Å². The van der Waals surface area contributed by atoms with Gasteiger partial charge >= 0.3 is 5.97 Å². The van der Waals surface area contributed by atoms with Crippen molar-refractivity contribution in [3.05, 3.63) is 28.9 Å². The van der Waals surface area contributed by atoms with Crippen LogP contribution >= 0.6 is 11.6 Å². The molecule has 2 rings (SSSR count). The molecule has 1 atom stereocenters. The van der Waals surface area contributed by atoms with Crippen molar-refractivity contribution in [1.29, 1.82) is 0 Å². The van der Waals surface area contributed by atoms with Crippen LogP contribution in [0.2, 0.25) is 5.02 Å².